The number of rotatable bonds is 1. The predicted molar refractivity (Wildman–Crippen MR) is 55.9 cm³/mol. The molecule has 0 spiro atoms. The lowest BCUT2D eigenvalue weighted by Gasteiger charge is -1.92. The van der Waals surface area contributed by atoms with Gasteiger partial charge in [0.1, 0.15) is 5.69 Å². The molecular formula is C7H3BrClN3S. The van der Waals surface area contributed by atoms with Gasteiger partial charge in [-0.3, -0.25) is 4.98 Å². The molecule has 2 aromatic heterocycles. The Morgan fingerprint density at radius 2 is 2.23 bits per heavy atom. The minimum absolute atomic E-state index is 0.430. The van der Waals surface area contributed by atoms with Gasteiger partial charge >= 0.3 is 0 Å². The lowest BCUT2D eigenvalue weighted by molar-refractivity contribution is 1.23. The molecule has 3 nitrogen and oxygen atoms in total. The highest BCUT2D eigenvalue weighted by atomic mass is 79.9. The summed E-state index contributed by atoms with van der Waals surface area (Å²) in [7, 11) is 0. The summed E-state index contributed by atoms with van der Waals surface area (Å²) in [6.45, 7) is 0. The number of nitrogens with zero attached hydrogens (tertiary/aromatic N) is 3. The smallest absolute Gasteiger partial charge is 0.203 e. The Labute approximate surface area is 92.1 Å². The summed E-state index contributed by atoms with van der Waals surface area (Å²) >= 11 is 10.1. The second-order valence-electron chi connectivity index (χ2n) is 2.23. The summed E-state index contributed by atoms with van der Waals surface area (Å²) in [6.07, 6.45) is 1.70. The van der Waals surface area contributed by atoms with Gasteiger partial charge < -0.3 is 0 Å². The molecule has 0 bridgehead atoms. The Morgan fingerprint density at radius 3 is 2.77 bits per heavy atom. The van der Waals surface area contributed by atoms with Crippen molar-refractivity contribution in [3.8, 4) is 11.5 Å². The van der Waals surface area contributed by atoms with Crippen LogP contribution in [0.25, 0.3) is 11.5 Å². The summed E-state index contributed by atoms with van der Waals surface area (Å²) < 4.78 is 5.40. The summed E-state index contributed by atoms with van der Waals surface area (Å²) in [6, 6.07) is 3.72. The van der Waals surface area contributed by atoms with E-state index in [0.29, 0.717) is 10.3 Å². The largest absolute Gasteiger partial charge is 0.252 e. The lowest BCUT2D eigenvalue weighted by atomic mass is 10.3. The van der Waals surface area contributed by atoms with Crippen molar-refractivity contribution < 1.29 is 0 Å². The van der Waals surface area contributed by atoms with E-state index in [4.69, 9.17) is 11.6 Å². The Kier molecular flexibility index (Phi) is 2.57. The molecule has 0 aliphatic carbocycles. The SMILES string of the molecule is Clc1nc(-c2ccc(Br)cn2)ns1. The van der Waals surface area contributed by atoms with E-state index in [2.05, 4.69) is 30.3 Å². The third-order valence-corrected chi connectivity index (χ3v) is 2.62. The van der Waals surface area contributed by atoms with Crippen molar-refractivity contribution in [1.29, 1.82) is 0 Å². The Balaban J connectivity index is 2.41. The van der Waals surface area contributed by atoms with Gasteiger partial charge in [0.2, 0.25) is 4.47 Å². The number of hydrogen-bond donors (Lipinski definition) is 0. The summed E-state index contributed by atoms with van der Waals surface area (Å²) in [5, 5.41) is 0. The summed E-state index contributed by atoms with van der Waals surface area (Å²) in [5.41, 5.74) is 0.728. The second-order valence-corrected chi connectivity index (χ2v) is 4.48. The van der Waals surface area contributed by atoms with E-state index in [9.17, 15) is 0 Å². The Hall–Kier alpha value is -0.520. The summed E-state index contributed by atoms with van der Waals surface area (Å²) in [4.78, 5) is 8.14. The zero-order chi connectivity index (χ0) is 9.26. The highest BCUT2D eigenvalue weighted by molar-refractivity contribution is 9.10. The molecule has 0 atom stereocenters. The maximum atomic E-state index is 5.65. The Morgan fingerprint density at radius 1 is 1.38 bits per heavy atom. The van der Waals surface area contributed by atoms with Crippen molar-refractivity contribution in [2.45, 2.75) is 0 Å². The molecule has 66 valence electrons. The molecule has 6 heteroatoms. The predicted octanol–water partition coefficient (Wildman–Crippen LogP) is 3.02. The average molecular weight is 277 g/mol. The molecule has 13 heavy (non-hydrogen) atoms. The van der Waals surface area contributed by atoms with Crippen LogP contribution in [0.15, 0.2) is 22.8 Å². The lowest BCUT2D eigenvalue weighted by Crippen LogP contribution is -1.83. The van der Waals surface area contributed by atoms with Crippen LogP contribution in [0.3, 0.4) is 0 Å². The first-order chi connectivity index (χ1) is 6.25. The van der Waals surface area contributed by atoms with Crippen LogP contribution < -0.4 is 0 Å². The van der Waals surface area contributed by atoms with Gasteiger partial charge in [-0.15, -0.1) is 0 Å². The molecule has 2 aromatic rings. The van der Waals surface area contributed by atoms with Crippen LogP contribution in [-0.2, 0) is 0 Å². The van der Waals surface area contributed by atoms with E-state index in [1.807, 2.05) is 12.1 Å². The van der Waals surface area contributed by atoms with Crippen molar-refractivity contribution in [2.24, 2.45) is 0 Å². The van der Waals surface area contributed by atoms with Gasteiger partial charge in [-0.1, -0.05) is 0 Å². The third kappa shape index (κ3) is 2.04. The molecule has 2 rings (SSSR count). The quantitative estimate of drug-likeness (QED) is 0.803. The van der Waals surface area contributed by atoms with E-state index in [-0.39, 0.29) is 0 Å². The topological polar surface area (TPSA) is 38.7 Å². The van der Waals surface area contributed by atoms with Gasteiger partial charge in [-0.2, -0.15) is 4.37 Å². The van der Waals surface area contributed by atoms with Crippen molar-refractivity contribution in [3.63, 3.8) is 0 Å². The van der Waals surface area contributed by atoms with Crippen LogP contribution in [0.4, 0.5) is 0 Å². The van der Waals surface area contributed by atoms with Crippen LogP contribution in [-0.4, -0.2) is 14.3 Å². The first-order valence-corrected chi connectivity index (χ1v) is 5.31. The molecule has 0 amide bonds. The molecule has 0 aromatic carbocycles. The molecule has 0 saturated heterocycles. The van der Waals surface area contributed by atoms with E-state index in [0.717, 1.165) is 21.7 Å². The molecule has 0 aliphatic rings. The van der Waals surface area contributed by atoms with Gasteiger partial charge in [0.15, 0.2) is 5.82 Å². The van der Waals surface area contributed by atoms with Crippen molar-refractivity contribution in [2.75, 3.05) is 0 Å². The average Bonchev–Trinajstić information content (AvgIpc) is 2.53. The fraction of sp³-hybridized carbons (Fsp3) is 0. The highest BCUT2D eigenvalue weighted by Crippen LogP contribution is 2.20. The molecule has 0 N–H and O–H groups in total. The monoisotopic (exact) mass is 275 g/mol. The second kappa shape index (κ2) is 3.69. The molecular weight excluding hydrogens is 274 g/mol. The van der Waals surface area contributed by atoms with E-state index < -0.39 is 0 Å². The molecule has 2 heterocycles. The van der Waals surface area contributed by atoms with E-state index in [1.165, 1.54) is 0 Å². The van der Waals surface area contributed by atoms with Crippen molar-refractivity contribution in [3.05, 3.63) is 27.3 Å². The number of pyridine rings is 1. The minimum atomic E-state index is 0.430. The van der Waals surface area contributed by atoms with Crippen LogP contribution >= 0.6 is 39.1 Å². The first kappa shape index (κ1) is 9.05. The maximum Gasteiger partial charge on any atom is 0.203 e. The van der Waals surface area contributed by atoms with Crippen molar-refractivity contribution in [1.82, 2.24) is 14.3 Å². The number of halogens is 2. The molecule has 0 saturated carbocycles. The van der Waals surface area contributed by atoms with Crippen molar-refractivity contribution >= 4 is 39.1 Å². The third-order valence-electron chi connectivity index (χ3n) is 1.36. The van der Waals surface area contributed by atoms with Crippen LogP contribution in [0.1, 0.15) is 0 Å². The van der Waals surface area contributed by atoms with Gasteiger partial charge in [0.25, 0.3) is 0 Å². The van der Waals surface area contributed by atoms with E-state index in [1.54, 1.807) is 6.20 Å². The number of hydrogen-bond acceptors (Lipinski definition) is 4. The fourth-order valence-corrected chi connectivity index (χ4v) is 1.66. The fourth-order valence-electron chi connectivity index (χ4n) is 0.817. The Bertz CT molecular complexity index is 414. The highest BCUT2D eigenvalue weighted by Gasteiger charge is 2.05. The van der Waals surface area contributed by atoms with E-state index >= 15 is 0 Å². The van der Waals surface area contributed by atoms with Gasteiger partial charge in [-0.05, 0) is 51.2 Å². The van der Waals surface area contributed by atoms with Crippen LogP contribution in [0.5, 0.6) is 0 Å². The number of aromatic nitrogens is 3. The van der Waals surface area contributed by atoms with Crippen LogP contribution in [0, 0.1) is 0 Å². The van der Waals surface area contributed by atoms with Gasteiger partial charge in [0.05, 0.1) is 0 Å². The zero-order valence-electron chi connectivity index (χ0n) is 6.24. The minimum Gasteiger partial charge on any atom is -0.252 e. The normalized spacial score (nSPS) is 10.3. The van der Waals surface area contributed by atoms with Gasteiger partial charge in [0, 0.05) is 10.7 Å². The first-order valence-electron chi connectivity index (χ1n) is 3.37. The molecule has 0 radical (unpaired) electrons. The molecule has 0 aliphatic heterocycles. The summed E-state index contributed by atoms with van der Waals surface area (Å²) in [5.74, 6) is 0.572. The zero-order valence-corrected chi connectivity index (χ0v) is 9.40. The maximum absolute atomic E-state index is 5.65. The van der Waals surface area contributed by atoms with Gasteiger partial charge in [-0.25, -0.2) is 4.98 Å². The standard InChI is InChI=1S/C7H3BrClN3S/c8-4-1-2-5(10-3-4)6-11-7(9)13-12-6/h1-3H. The molecule has 0 fully saturated rings. The molecule has 0 unspecified atom stereocenters. The van der Waals surface area contributed by atoms with Crippen LogP contribution in [0.2, 0.25) is 4.47 Å².